The largest absolute Gasteiger partial charge is 0.481 e. The van der Waals surface area contributed by atoms with Crippen LogP contribution < -0.4 is 97.4 Å². The molecule has 15 atom stereocenters. The number of aliphatic carboxylic acids is 3. The SMILES string of the molecule is C=C(NC(=O)[C@H](CO)NC(=O)[C@@H](N)[C@@H](C)CC)C(=O)N[C@H](C(=O)N[C@@H](CC(=O)O)C(=O)N[C@H](C(=O)N[C@@H](Cc1ccccc1)C(=O)N[C@@H](CCC(=O)O)C(=O)N[C@@H](CC(N)=O)C(=O)N[C@@H](Cc1c[nH]c2ccccc12)C(=O)N[C@@H](Cc1ccccc1)C(=O)N[C@@H](C)C(=O)N[C@@H](CCC(N)=O)C(=O)N[C@@H](Cc1c[nH]cn1)C(=O)N[C@@H](CCCCN)C(=O)O)C(C)C)C(C)C. The molecule has 5 aromatic rings. The summed E-state index contributed by atoms with van der Waals surface area (Å²) in [5.41, 5.74) is 24.1. The van der Waals surface area contributed by atoms with Gasteiger partial charge in [0, 0.05) is 61.8 Å². The Morgan fingerprint density at radius 2 is 0.883 bits per heavy atom. The van der Waals surface area contributed by atoms with Crippen molar-refractivity contribution in [2.24, 2.45) is 40.7 Å². The Bertz CT molecular complexity index is 4720. The minimum atomic E-state index is -2.06. The first-order valence-corrected chi connectivity index (χ1v) is 41.4. The minimum Gasteiger partial charge on any atom is -0.481 e. The van der Waals surface area contributed by atoms with Crippen molar-refractivity contribution < 1.29 is 112 Å². The van der Waals surface area contributed by atoms with E-state index in [2.05, 4.69) is 96.0 Å². The molecule has 16 amide bonds. The van der Waals surface area contributed by atoms with E-state index in [1.807, 2.05) is 0 Å². The zero-order valence-electron chi connectivity index (χ0n) is 72.0. The third-order valence-electron chi connectivity index (χ3n) is 20.5. The summed E-state index contributed by atoms with van der Waals surface area (Å²) in [4.78, 5) is 271. The lowest BCUT2D eigenvalue weighted by molar-refractivity contribution is -0.142. The molecule has 0 aliphatic heterocycles. The number of nitrogens with two attached hydrogens (primary N) is 4. The number of carboxylic acid groups (broad SMARTS) is 3. The molecule has 0 aliphatic carbocycles. The number of nitrogens with one attached hydrogen (secondary N) is 16. The molecule has 0 saturated carbocycles. The van der Waals surface area contributed by atoms with Gasteiger partial charge in [0.05, 0.1) is 43.2 Å². The Hall–Kier alpha value is -14.0. The number of fused-ring (bicyclic) bond motifs is 1. The van der Waals surface area contributed by atoms with Crippen molar-refractivity contribution in [1.82, 2.24) is 89.4 Å². The molecule has 0 radical (unpaired) electrons. The van der Waals surface area contributed by atoms with E-state index >= 15 is 4.79 Å². The average Bonchev–Trinajstić information content (AvgIpc) is 1.65. The molecule has 0 unspecified atom stereocenters. The normalized spacial score (nSPS) is 14.7. The molecule has 0 bridgehead atoms. The molecule has 44 nitrogen and oxygen atoms in total. The smallest absolute Gasteiger partial charge is 0.326 e. The first kappa shape index (κ1) is 105. The van der Waals surface area contributed by atoms with Gasteiger partial charge in [0.25, 0.3) is 5.91 Å². The Morgan fingerprint density at radius 1 is 0.438 bits per heavy atom. The maximum Gasteiger partial charge on any atom is 0.326 e. The molecule has 5 rings (SSSR count). The number of unbranched alkanes of at least 4 members (excludes halogenated alkanes) is 1. The first-order valence-electron chi connectivity index (χ1n) is 41.4. The number of hydrogen-bond donors (Lipinski definition) is 24. The number of carbonyl (C=O) groups is 19. The van der Waals surface area contributed by atoms with Crippen LogP contribution in [0.2, 0.25) is 0 Å². The van der Waals surface area contributed by atoms with E-state index in [9.17, 15) is 107 Å². The number of carboxylic acids is 3. The van der Waals surface area contributed by atoms with Gasteiger partial charge in [-0.3, -0.25) is 86.3 Å². The molecule has 28 N–H and O–H groups in total. The Balaban J connectivity index is 1.41. The number of hydrogen-bond acceptors (Lipinski definition) is 23. The molecule has 0 saturated heterocycles. The molecular weight excluding hydrogens is 1670 g/mol. The van der Waals surface area contributed by atoms with Crippen LogP contribution in [0.4, 0.5) is 0 Å². The van der Waals surface area contributed by atoms with Crippen LogP contribution >= 0.6 is 0 Å². The van der Waals surface area contributed by atoms with Crippen LogP contribution in [0.15, 0.2) is 116 Å². The summed E-state index contributed by atoms with van der Waals surface area (Å²) < 4.78 is 0. The van der Waals surface area contributed by atoms with Gasteiger partial charge in [-0.05, 0) is 86.1 Å². The van der Waals surface area contributed by atoms with Crippen LogP contribution in [0.25, 0.3) is 10.9 Å². The van der Waals surface area contributed by atoms with Gasteiger partial charge in [-0.1, -0.05) is 133 Å². The highest BCUT2D eigenvalue weighted by Gasteiger charge is 2.40. The fourth-order valence-electron chi connectivity index (χ4n) is 13.0. The highest BCUT2D eigenvalue weighted by molar-refractivity contribution is 6.04. The fourth-order valence-corrected chi connectivity index (χ4v) is 13.0. The van der Waals surface area contributed by atoms with Gasteiger partial charge in [0.1, 0.15) is 78.5 Å². The van der Waals surface area contributed by atoms with Crippen LogP contribution in [-0.2, 0) is 117 Å². The predicted octanol–water partition coefficient (Wildman–Crippen LogP) is -4.51. The second-order valence-corrected chi connectivity index (χ2v) is 31.4. The highest BCUT2D eigenvalue weighted by Crippen LogP contribution is 2.21. The molecule has 696 valence electrons. The van der Waals surface area contributed by atoms with Gasteiger partial charge in [-0.15, -0.1) is 0 Å². The number of imidazole rings is 1. The van der Waals surface area contributed by atoms with Crippen LogP contribution in [0, 0.1) is 17.8 Å². The summed E-state index contributed by atoms with van der Waals surface area (Å²) in [7, 11) is 0. The molecule has 2 heterocycles. The van der Waals surface area contributed by atoms with Crippen LogP contribution in [0.3, 0.4) is 0 Å². The quantitative estimate of drug-likeness (QED) is 0.0129. The number of H-pyrrole nitrogens is 2. The van der Waals surface area contributed by atoms with E-state index in [0.717, 1.165) is 0 Å². The number of rotatable bonds is 56. The molecule has 44 heteroatoms. The summed E-state index contributed by atoms with van der Waals surface area (Å²) in [5, 5.41) is 74.1. The van der Waals surface area contributed by atoms with Gasteiger partial charge in [-0.25, -0.2) is 9.78 Å². The number of para-hydroxylation sites is 1. The summed E-state index contributed by atoms with van der Waals surface area (Å²) >= 11 is 0. The summed E-state index contributed by atoms with van der Waals surface area (Å²) in [6, 6.07) is -0.578. The number of aliphatic hydroxyl groups excluding tert-OH is 1. The van der Waals surface area contributed by atoms with E-state index in [0.29, 0.717) is 46.9 Å². The second kappa shape index (κ2) is 52.0. The van der Waals surface area contributed by atoms with Gasteiger partial charge < -0.3 is 128 Å². The van der Waals surface area contributed by atoms with Crippen molar-refractivity contribution in [2.45, 2.75) is 223 Å². The van der Waals surface area contributed by atoms with E-state index < -0.39 is 273 Å². The maximum absolute atomic E-state index is 15.2. The summed E-state index contributed by atoms with van der Waals surface area (Å²) in [5.74, 6) is -24.3. The second-order valence-electron chi connectivity index (χ2n) is 31.4. The zero-order valence-corrected chi connectivity index (χ0v) is 72.0. The van der Waals surface area contributed by atoms with E-state index in [-0.39, 0.29) is 37.4 Å². The molecule has 128 heavy (non-hydrogen) atoms. The van der Waals surface area contributed by atoms with Crippen molar-refractivity contribution in [3.8, 4) is 0 Å². The minimum absolute atomic E-state index is 0.0178. The van der Waals surface area contributed by atoms with Crippen molar-refractivity contribution in [3.63, 3.8) is 0 Å². The number of amides is 16. The van der Waals surface area contributed by atoms with Crippen molar-refractivity contribution >= 4 is 123 Å². The Labute approximate surface area is 736 Å². The molecule has 0 spiro atoms. The van der Waals surface area contributed by atoms with E-state index in [4.69, 9.17) is 22.9 Å². The highest BCUT2D eigenvalue weighted by atomic mass is 16.4. The standard InChI is InChI=1S/C84H117N21O23/c1-9-44(6)67(88)81(124)103-62(40-106)80(123)93-46(8)71(114)104-68(42(2)3)82(125)102-61(37-66(111)112)79(122)105-69(43(4)5)83(126)101-57(33-48-22-14-11-15-23-48)75(118)95-54(28-30-65(109)110)73(116)100-60(36-64(87)108)78(121)98-58(34-49-38-90-52-25-17-16-24-51(49)52)76(119)97-56(32-47-20-12-10-13-21-47)74(117)92-45(7)70(113)94-53(27-29-63(86)107)72(115)99-59(35-50-39-89-41-91-50)77(120)96-55(84(127)128)26-18-19-31-85/h10-17,20-25,38-39,41-45,53-62,67-69,90,106H,8-9,18-19,26-37,40,85,88H2,1-7H3,(H2,86,107)(H2,87,108)(H,89,91)(H,92,117)(H,93,123)(H,94,113)(H,95,118)(H,96,120)(H,97,119)(H,98,121)(H,99,115)(H,100,116)(H,101,126)(H,102,125)(H,103,124)(H,104,114)(H,105,122)(H,109,110)(H,111,112)(H,127,128)/t44-,45-,53-,54-,55-,56-,57-,58-,59-,60-,61-,62-,67-,68-,69-/m0/s1. The van der Waals surface area contributed by atoms with Crippen molar-refractivity contribution in [2.75, 3.05) is 13.2 Å². The first-order chi connectivity index (χ1) is 60.5. The van der Waals surface area contributed by atoms with E-state index in [1.54, 1.807) is 98.8 Å². The topological polar surface area (TPSA) is 722 Å². The number of primary amides is 2. The van der Waals surface area contributed by atoms with Crippen LogP contribution in [0.1, 0.15) is 135 Å². The Kier molecular flexibility index (Phi) is 42.5. The summed E-state index contributed by atoms with van der Waals surface area (Å²) in [6.07, 6.45) is -0.642. The number of aromatic amines is 2. The van der Waals surface area contributed by atoms with Gasteiger partial charge in [0.2, 0.25) is 88.6 Å². The van der Waals surface area contributed by atoms with Crippen LogP contribution in [-0.4, -0.2) is 246 Å². The lowest BCUT2D eigenvalue weighted by Crippen LogP contribution is -2.62. The fraction of sp³-hybridized carbons (Fsp3) is 0.476. The number of carbonyl (C=O) groups excluding carboxylic acids is 16. The third-order valence-corrected chi connectivity index (χ3v) is 20.5. The monoisotopic (exact) mass is 1790 g/mol. The van der Waals surface area contributed by atoms with Gasteiger partial charge >= 0.3 is 17.9 Å². The van der Waals surface area contributed by atoms with Gasteiger partial charge in [-0.2, -0.15) is 0 Å². The molecule has 2 aromatic heterocycles. The Morgan fingerprint density at radius 3 is 1.38 bits per heavy atom. The van der Waals surface area contributed by atoms with Crippen molar-refractivity contribution in [3.05, 3.63) is 138 Å². The molecule has 3 aromatic carbocycles. The molecule has 0 aliphatic rings. The average molecular weight is 1790 g/mol. The number of nitrogens with zero attached hydrogens (tertiary/aromatic N) is 1. The van der Waals surface area contributed by atoms with E-state index in [1.165, 1.54) is 53.3 Å². The van der Waals surface area contributed by atoms with Crippen molar-refractivity contribution in [1.29, 1.82) is 0 Å². The predicted molar refractivity (Wildman–Crippen MR) is 459 cm³/mol. The maximum atomic E-state index is 15.2. The lowest BCUT2D eigenvalue weighted by Gasteiger charge is -2.29. The number of aliphatic hydroxyl groups is 1. The molecular formula is C84H117N21O23. The lowest BCUT2D eigenvalue weighted by atomic mass is 9.99. The number of benzene rings is 3. The van der Waals surface area contributed by atoms with Gasteiger partial charge in [0.15, 0.2) is 0 Å². The number of aromatic nitrogens is 3. The zero-order chi connectivity index (χ0) is 95.2. The van der Waals surface area contributed by atoms with Crippen LogP contribution in [0.5, 0.6) is 0 Å². The summed E-state index contributed by atoms with van der Waals surface area (Å²) in [6.45, 7) is 13.3. The third kappa shape index (κ3) is 34.5. The molecule has 0 fully saturated rings.